The number of hydrogen-bond donors (Lipinski definition) is 4. The van der Waals surface area contributed by atoms with Crippen LogP contribution >= 0.6 is 0 Å². The summed E-state index contributed by atoms with van der Waals surface area (Å²) in [4.78, 5) is 31.9. The van der Waals surface area contributed by atoms with Gasteiger partial charge in [0.05, 0.1) is 6.20 Å². The van der Waals surface area contributed by atoms with Crippen molar-refractivity contribution in [1.82, 2.24) is 30.2 Å². The van der Waals surface area contributed by atoms with Gasteiger partial charge in [-0.25, -0.2) is 9.78 Å². The average Bonchev–Trinajstić information content (AvgIpc) is 3.36. The molecule has 146 valence electrons. The first kappa shape index (κ1) is 17.2. The first-order valence-electron chi connectivity index (χ1n) is 9.28. The van der Waals surface area contributed by atoms with Gasteiger partial charge in [0.2, 0.25) is 0 Å². The highest BCUT2D eigenvalue weighted by Gasteiger charge is 2.25. The fourth-order valence-electron chi connectivity index (χ4n) is 3.04. The summed E-state index contributed by atoms with van der Waals surface area (Å²) in [6, 6.07) is 5.68. The molecule has 29 heavy (non-hydrogen) atoms. The number of aromatic nitrogens is 4. The Balaban J connectivity index is 1.51. The highest BCUT2D eigenvalue weighted by atomic mass is 16.2. The first-order valence-corrected chi connectivity index (χ1v) is 9.28. The summed E-state index contributed by atoms with van der Waals surface area (Å²) < 4.78 is 1.71. The Bertz CT molecular complexity index is 1130. The third-order valence-electron chi connectivity index (χ3n) is 4.67. The molecule has 0 radical (unpaired) electrons. The summed E-state index contributed by atoms with van der Waals surface area (Å²) >= 11 is 0. The molecule has 0 aromatic carbocycles. The van der Waals surface area contributed by atoms with Gasteiger partial charge in [-0.2, -0.15) is 9.61 Å². The Kier molecular flexibility index (Phi) is 4.08. The van der Waals surface area contributed by atoms with E-state index in [4.69, 9.17) is 0 Å². The molecule has 4 N–H and O–H groups in total. The zero-order valence-electron chi connectivity index (χ0n) is 15.3. The number of amides is 3. The van der Waals surface area contributed by atoms with Crippen molar-refractivity contribution in [3.05, 3.63) is 53.6 Å². The normalized spacial score (nSPS) is 17.4. The van der Waals surface area contributed by atoms with Crippen LogP contribution in [0.5, 0.6) is 0 Å². The van der Waals surface area contributed by atoms with Gasteiger partial charge in [-0.05, 0) is 36.6 Å². The Morgan fingerprint density at radius 2 is 2.03 bits per heavy atom. The van der Waals surface area contributed by atoms with Crippen LogP contribution in [0.25, 0.3) is 11.7 Å². The molecule has 1 aliphatic carbocycles. The molecule has 5 rings (SSSR count). The topological polar surface area (TPSA) is 125 Å². The minimum Gasteiger partial charge on any atom is -0.367 e. The van der Waals surface area contributed by atoms with E-state index in [1.165, 1.54) is 0 Å². The van der Waals surface area contributed by atoms with E-state index in [2.05, 4.69) is 36.3 Å². The summed E-state index contributed by atoms with van der Waals surface area (Å²) in [6.07, 6.45) is 8.93. The molecular weight excluding hydrogens is 372 g/mol. The number of anilines is 2. The van der Waals surface area contributed by atoms with Crippen LogP contribution < -0.4 is 21.3 Å². The van der Waals surface area contributed by atoms with Crippen molar-refractivity contribution in [2.24, 2.45) is 0 Å². The van der Waals surface area contributed by atoms with Crippen LogP contribution in [-0.4, -0.2) is 37.6 Å². The smallest absolute Gasteiger partial charge is 0.326 e. The molecule has 0 spiro atoms. The lowest BCUT2D eigenvalue weighted by Crippen LogP contribution is -2.22. The second-order valence-electron chi connectivity index (χ2n) is 6.96. The highest BCUT2D eigenvalue weighted by Crippen LogP contribution is 2.27. The Morgan fingerprint density at radius 1 is 1.21 bits per heavy atom. The second kappa shape index (κ2) is 6.89. The summed E-state index contributed by atoms with van der Waals surface area (Å²) in [6.45, 7) is 0.595. The molecular formula is C19H18N8O2. The van der Waals surface area contributed by atoms with Crippen LogP contribution in [0.3, 0.4) is 0 Å². The highest BCUT2D eigenvalue weighted by molar-refractivity contribution is 6.14. The Labute approximate surface area is 165 Å². The number of rotatable bonds is 6. The van der Waals surface area contributed by atoms with Crippen molar-refractivity contribution in [2.45, 2.75) is 25.4 Å². The molecule has 2 fully saturated rings. The molecule has 1 saturated heterocycles. The van der Waals surface area contributed by atoms with Crippen molar-refractivity contribution in [1.29, 1.82) is 0 Å². The van der Waals surface area contributed by atoms with Crippen LogP contribution in [0.2, 0.25) is 0 Å². The number of pyridine rings is 1. The monoisotopic (exact) mass is 390 g/mol. The lowest BCUT2D eigenvalue weighted by atomic mass is 10.2. The minimum atomic E-state index is -0.540. The van der Waals surface area contributed by atoms with Crippen molar-refractivity contribution in [3.63, 3.8) is 0 Å². The molecule has 2 aliphatic rings. The molecule has 0 bridgehead atoms. The zero-order valence-corrected chi connectivity index (χ0v) is 15.3. The van der Waals surface area contributed by atoms with E-state index in [-0.39, 0.29) is 5.70 Å². The van der Waals surface area contributed by atoms with Crippen LogP contribution in [0.1, 0.15) is 24.0 Å². The molecule has 10 nitrogen and oxygen atoms in total. The van der Waals surface area contributed by atoms with Crippen molar-refractivity contribution < 1.29 is 9.59 Å². The Morgan fingerprint density at radius 3 is 2.76 bits per heavy atom. The number of hydrogen-bond acceptors (Lipinski definition) is 7. The predicted octanol–water partition coefficient (Wildman–Crippen LogP) is 1.49. The lowest BCUT2D eigenvalue weighted by molar-refractivity contribution is -0.115. The standard InChI is InChI=1S/C19H18N8O2/c28-18-14(24-19(29)26-18)7-12-10-22-27-16(23-13-1-2-13)8-15(25-17(12)27)21-9-11-3-5-20-6-4-11/h3-8,10,13,23H,1-2,9H2,(H,21,25)(H2,24,26,28,29)/b14-7-. The van der Waals surface area contributed by atoms with Gasteiger partial charge in [-0.3, -0.25) is 15.1 Å². The first-order chi connectivity index (χ1) is 14.2. The summed E-state index contributed by atoms with van der Waals surface area (Å²) in [7, 11) is 0. The molecule has 3 amide bonds. The number of carbonyl (C=O) groups is 2. The van der Waals surface area contributed by atoms with E-state index in [0.717, 1.165) is 24.2 Å². The fraction of sp³-hybridized carbons (Fsp3) is 0.211. The largest absolute Gasteiger partial charge is 0.367 e. The molecule has 3 aromatic rings. The molecule has 0 unspecified atom stereocenters. The molecule has 4 heterocycles. The van der Waals surface area contributed by atoms with Crippen molar-refractivity contribution >= 4 is 35.3 Å². The lowest BCUT2D eigenvalue weighted by Gasteiger charge is -2.11. The maximum atomic E-state index is 11.9. The SMILES string of the molecule is O=C1NC(=O)/C(=C/c2cnn3c(NC4CC4)cc(NCc4ccncc4)nc23)N1. The quantitative estimate of drug-likeness (QED) is 0.371. The molecule has 1 aliphatic heterocycles. The van der Waals surface area contributed by atoms with Gasteiger partial charge in [-0.15, -0.1) is 0 Å². The van der Waals surface area contributed by atoms with Crippen LogP contribution in [0, 0.1) is 0 Å². The third kappa shape index (κ3) is 3.59. The number of imide groups is 1. The number of urea groups is 1. The van der Waals surface area contributed by atoms with Gasteiger partial charge < -0.3 is 16.0 Å². The fourth-order valence-corrected chi connectivity index (χ4v) is 3.04. The number of fused-ring (bicyclic) bond motifs is 1. The number of carbonyl (C=O) groups excluding carboxylic acids is 2. The predicted molar refractivity (Wildman–Crippen MR) is 106 cm³/mol. The van der Waals surface area contributed by atoms with Crippen LogP contribution in [0.15, 0.2) is 42.5 Å². The molecule has 10 heteroatoms. The maximum Gasteiger partial charge on any atom is 0.326 e. The van der Waals surface area contributed by atoms with E-state index in [1.807, 2.05) is 18.2 Å². The average molecular weight is 390 g/mol. The molecule has 3 aromatic heterocycles. The van der Waals surface area contributed by atoms with Gasteiger partial charge in [0.1, 0.15) is 17.3 Å². The van der Waals surface area contributed by atoms with E-state index < -0.39 is 11.9 Å². The third-order valence-corrected chi connectivity index (χ3v) is 4.67. The van der Waals surface area contributed by atoms with Gasteiger partial charge in [0.15, 0.2) is 5.65 Å². The molecule has 1 saturated carbocycles. The molecule has 0 atom stereocenters. The summed E-state index contributed by atoms with van der Waals surface area (Å²) in [5.74, 6) is 1.02. The summed E-state index contributed by atoms with van der Waals surface area (Å²) in [5, 5.41) is 15.9. The van der Waals surface area contributed by atoms with Gasteiger partial charge in [0, 0.05) is 36.6 Å². The maximum absolute atomic E-state index is 11.9. The van der Waals surface area contributed by atoms with Gasteiger partial charge in [-0.1, -0.05) is 0 Å². The van der Waals surface area contributed by atoms with Crippen molar-refractivity contribution in [3.8, 4) is 0 Å². The van der Waals surface area contributed by atoms with E-state index >= 15 is 0 Å². The van der Waals surface area contributed by atoms with E-state index in [0.29, 0.717) is 29.6 Å². The minimum absolute atomic E-state index is 0.165. The van der Waals surface area contributed by atoms with E-state index in [1.54, 1.807) is 29.2 Å². The van der Waals surface area contributed by atoms with E-state index in [9.17, 15) is 9.59 Å². The van der Waals surface area contributed by atoms with Crippen LogP contribution in [0.4, 0.5) is 16.4 Å². The second-order valence-corrected chi connectivity index (χ2v) is 6.96. The summed E-state index contributed by atoms with van der Waals surface area (Å²) in [5.41, 5.74) is 2.45. The van der Waals surface area contributed by atoms with Gasteiger partial charge >= 0.3 is 6.03 Å². The van der Waals surface area contributed by atoms with Crippen LogP contribution in [-0.2, 0) is 11.3 Å². The number of nitrogens with zero attached hydrogens (tertiary/aromatic N) is 4. The zero-order chi connectivity index (χ0) is 19.8. The Hall–Kier alpha value is -3.95. The van der Waals surface area contributed by atoms with Crippen molar-refractivity contribution in [2.75, 3.05) is 10.6 Å². The van der Waals surface area contributed by atoms with Gasteiger partial charge in [0.25, 0.3) is 5.91 Å². The number of nitrogens with one attached hydrogen (secondary N) is 4.